The van der Waals surface area contributed by atoms with E-state index in [1.54, 1.807) is 19.2 Å². The van der Waals surface area contributed by atoms with Gasteiger partial charge in [-0.1, -0.05) is 23.7 Å². The van der Waals surface area contributed by atoms with Gasteiger partial charge in [-0.25, -0.2) is 4.39 Å². The normalized spacial score (nSPS) is 27.9. The SMILES string of the molecule is Cn1ncc(Cl)c1C(=O)N1C[C@H]2C[C@@H](C1)[C@H](Cc1cccc(F)c1)N1C(=O)CCC[C@@H]21. The second-order valence-electron chi connectivity index (χ2n) is 9.09. The quantitative estimate of drug-likeness (QED) is 0.729. The van der Waals surface area contributed by atoms with Crippen LogP contribution in [0.2, 0.25) is 5.02 Å². The summed E-state index contributed by atoms with van der Waals surface area (Å²) in [4.78, 5) is 30.3. The summed E-state index contributed by atoms with van der Waals surface area (Å²) in [6.07, 6.45) is 5.49. The molecule has 1 aromatic heterocycles. The van der Waals surface area contributed by atoms with E-state index < -0.39 is 0 Å². The van der Waals surface area contributed by atoms with E-state index in [0.29, 0.717) is 36.6 Å². The van der Waals surface area contributed by atoms with Gasteiger partial charge in [0.05, 0.1) is 11.2 Å². The fraction of sp³-hybridized carbons (Fsp3) is 0.522. The van der Waals surface area contributed by atoms with E-state index in [1.165, 1.54) is 16.9 Å². The van der Waals surface area contributed by atoms with Crippen molar-refractivity contribution < 1.29 is 14.0 Å². The number of amides is 2. The standard InChI is InChI=1S/C23H26ClFN4O2/c1-27-22(18(24)11-26-27)23(31)28-12-15-10-16(13-28)20(9-14-4-2-5-17(25)8-14)29-19(15)6-3-7-21(29)30/h2,4-5,8,11,15-16,19-20H,3,6-7,9-10,12-13H2,1H3/t15-,16+,19+,20+/m1/s1. The Hall–Kier alpha value is -2.41. The molecule has 0 spiro atoms. The van der Waals surface area contributed by atoms with E-state index in [9.17, 15) is 14.0 Å². The summed E-state index contributed by atoms with van der Waals surface area (Å²) in [6.45, 7) is 1.19. The van der Waals surface area contributed by atoms with Crippen LogP contribution in [0, 0.1) is 17.7 Å². The fourth-order valence-electron chi connectivity index (χ4n) is 5.91. The molecule has 8 heteroatoms. The molecule has 3 aliphatic rings. The van der Waals surface area contributed by atoms with Gasteiger partial charge in [-0.2, -0.15) is 5.10 Å². The lowest BCUT2D eigenvalue weighted by atomic mass is 9.70. The van der Waals surface area contributed by atoms with Gasteiger partial charge in [0, 0.05) is 38.6 Å². The van der Waals surface area contributed by atoms with Crippen LogP contribution in [-0.4, -0.2) is 56.6 Å². The predicted octanol–water partition coefficient (Wildman–Crippen LogP) is 3.30. The molecule has 2 bridgehead atoms. The lowest BCUT2D eigenvalue weighted by molar-refractivity contribution is -0.151. The molecule has 164 valence electrons. The maximum Gasteiger partial charge on any atom is 0.273 e. The van der Waals surface area contributed by atoms with Crippen molar-refractivity contribution in [3.8, 4) is 0 Å². The molecule has 6 nitrogen and oxygen atoms in total. The summed E-state index contributed by atoms with van der Waals surface area (Å²) < 4.78 is 15.4. The molecule has 2 aromatic rings. The number of hydrogen-bond donors (Lipinski definition) is 0. The molecular formula is C23H26ClFN4O2. The Morgan fingerprint density at radius 2 is 2.10 bits per heavy atom. The highest BCUT2D eigenvalue weighted by Crippen LogP contribution is 2.43. The van der Waals surface area contributed by atoms with Gasteiger partial charge in [-0.05, 0) is 55.2 Å². The summed E-state index contributed by atoms with van der Waals surface area (Å²) >= 11 is 6.24. The van der Waals surface area contributed by atoms with Crippen LogP contribution >= 0.6 is 11.6 Å². The minimum Gasteiger partial charge on any atom is -0.337 e. The zero-order chi connectivity index (χ0) is 21.7. The lowest BCUT2D eigenvalue weighted by Gasteiger charge is -2.56. The maximum absolute atomic E-state index is 13.8. The average Bonchev–Trinajstić information content (AvgIpc) is 3.08. The van der Waals surface area contributed by atoms with Gasteiger partial charge in [0.25, 0.3) is 5.91 Å². The van der Waals surface area contributed by atoms with E-state index in [2.05, 4.69) is 10.00 Å². The van der Waals surface area contributed by atoms with Crippen molar-refractivity contribution in [2.75, 3.05) is 13.1 Å². The van der Waals surface area contributed by atoms with Crippen molar-refractivity contribution in [2.24, 2.45) is 18.9 Å². The monoisotopic (exact) mass is 444 g/mol. The number of aryl methyl sites for hydroxylation is 1. The number of hydrogen-bond acceptors (Lipinski definition) is 3. The number of nitrogens with zero attached hydrogens (tertiary/aromatic N) is 4. The molecule has 4 atom stereocenters. The third-order valence-corrected chi connectivity index (χ3v) is 7.49. The average molecular weight is 445 g/mol. The van der Waals surface area contributed by atoms with Gasteiger partial charge < -0.3 is 9.80 Å². The van der Waals surface area contributed by atoms with Crippen molar-refractivity contribution in [2.45, 2.75) is 44.2 Å². The van der Waals surface area contributed by atoms with Crippen LogP contribution in [0.3, 0.4) is 0 Å². The summed E-state index contributed by atoms with van der Waals surface area (Å²) in [5.41, 5.74) is 1.29. The van der Waals surface area contributed by atoms with Crippen molar-refractivity contribution in [3.63, 3.8) is 0 Å². The van der Waals surface area contributed by atoms with Crippen molar-refractivity contribution in [3.05, 3.63) is 52.6 Å². The van der Waals surface area contributed by atoms with Crippen LogP contribution in [0.5, 0.6) is 0 Å². The minimum atomic E-state index is -0.265. The number of carbonyl (C=O) groups is 2. The van der Waals surface area contributed by atoms with E-state index in [-0.39, 0.29) is 41.6 Å². The van der Waals surface area contributed by atoms with E-state index >= 15 is 0 Å². The zero-order valence-electron chi connectivity index (χ0n) is 17.5. The third kappa shape index (κ3) is 3.63. The molecule has 0 saturated carbocycles. The first-order valence-electron chi connectivity index (χ1n) is 10.9. The Balaban J connectivity index is 1.46. The minimum absolute atomic E-state index is 0.0338. The van der Waals surface area contributed by atoms with Crippen molar-refractivity contribution in [1.29, 1.82) is 0 Å². The van der Waals surface area contributed by atoms with Gasteiger partial charge >= 0.3 is 0 Å². The molecular weight excluding hydrogens is 419 g/mol. The molecule has 31 heavy (non-hydrogen) atoms. The number of rotatable bonds is 3. The second-order valence-corrected chi connectivity index (χ2v) is 9.50. The predicted molar refractivity (Wildman–Crippen MR) is 114 cm³/mol. The molecule has 3 aliphatic heterocycles. The Bertz CT molecular complexity index is 1010. The van der Waals surface area contributed by atoms with E-state index in [4.69, 9.17) is 11.6 Å². The summed E-state index contributed by atoms with van der Waals surface area (Å²) in [5.74, 6) is 0.222. The van der Waals surface area contributed by atoms with Crippen LogP contribution in [0.15, 0.2) is 30.5 Å². The van der Waals surface area contributed by atoms with Crippen molar-refractivity contribution >= 4 is 23.4 Å². The highest BCUT2D eigenvalue weighted by molar-refractivity contribution is 6.33. The number of aromatic nitrogens is 2. The van der Waals surface area contributed by atoms with Gasteiger partial charge in [-0.3, -0.25) is 14.3 Å². The molecule has 4 heterocycles. The number of likely N-dealkylation sites (tertiary alicyclic amines) is 1. The molecule has 1 aromatic carbocycles. The van der Waals surface area contributed by atoms with Crippen molar-refractivity contribution in [1.82, 2.24) is 19.6 Å². The highest BCUT2D eigenvalue weighted by Gasteiger charge is 2.50. The van der Waals surface area contributed by atoms with Crippen LogP contribution in [-0.2, 0) is 18.3 Å². The first kappa shape index (κ1) is 20.5. The largest absolute Gasteiger partial charge is 0.337 e. The lowest BCUT2D eigenvalue weighted by Crippen LogP contribution is -2.66. The van der Waals surface area contributed by atoms with Crippen LogP contribution in [0.4, 0.5) is 4.39 Å². The number of halogens is 2. The number of fused-ring (bicyclic) bond motifs is 4. The summed E-state index contributed by atoms with van der Waals surface area (Å²) in [7, 11) is 1.72. The first-order valence-corrected chi connectivity index (χ1v) is 11.3. The van der Waals surface area contributed by atoms with Crippen LogP contribution in [0.25, 0.3) is 0 Å². The summed E-state index contributed by atoms with van der Waals surface area (Å²) in [5, 5.41) is 4.46. The van der Waals surface area contributed by atoms with Gasteiger partial charge in [-0.15, -0.1) is 0 Å². The van der Waals surface area contributed by atoms with E-state index in [0.717, 1.165) is 24.8 Å². The van der Waals surface area contributed by atoms with E-state index in [1.807, 2.05) is 11.0 Å². The molecule has 0 unspecified atom stereocenters. The second kappa shape index (κ2) is 7.93. The van der Waals surface area contributed by atoms with Gasteiger partial charge in [0.2, 0.25) is 5.91 Å². The molecule has 0 aliphatic carbocycles. The summed E-state index contributed by atoms with van der Waals surface area (Å²) in [6, 6.07) is 6.72. The van der Waals surface area contributed by atoms with Crippen LogP contribution < -0.4 is 0 Å². The smallest absolute Gasteiger partial charge is 0.273 e. The van der Waals surface area contributed by atoms with Crippen LogP contribution in [0.1, 0.15) is 41.7 Å². The first-order chi connectivity index (χ1) is 14.9. The maximum atomic E-state index is 13.8. The zero-order valence-corrected chi connectivity index (χ0v) is 18.3. The Kier molecular flexibility index (Phi) is 5.24. The topological polar surface area (TPSA) is 58.4 Å². The molecule has 3 fully saturated rings. The van der Waals surface area contributed by atoms with Gasteiger partial charge in [0.15, 0.2) is 0 Å². The molecule has 2 amide bonds. The van der Waals surface area contributed by atoms with Gasteiger partial charge in [0.1, 0.15) is 11.5 Å². The number of benzene rings is 1. The number of piperidine rings is 3. The molecule has 0 radical (unpaired) electrons. The molecule has 0 N–H and O–H groups in total. The Morgan fingerprint density at radius 3 is 2.84 bits per heavy atom. The molecule has 5 rings (SSSR count). The Labute approximate surface area is 185 Å². The Morgan fingerprint density at radius 1 is 1.29 bits per heavy atom. The third-order valence-electron chi connectivity index (χ3n) is 7.21. The highest BCUT2D eigenvalue weighted by atomic mass is 35.5. The number of carbonyl (C=O) groups excluding carboxylic acids is 2. The molecule has 3 saturated heterocycles. The fourth-order valence-corrected chi connectivity index (χ4v) is 6.16.